The Kier molecular flexibility index (Phi) is 5.75. The molecule has 0 aliphatic carbocycles. The first-order valence-electron chi connectivity index (χ1n) is 10.2. The molecule has 1 aromatic carbocycles. The molecule has 3 aliphatic rings. The van der Waals surface area contributed by atoms with Crippen LogP contribution in [0.25, 0.3) is 0 Å². The number of likely N-dealkylation sites (tertiary alicyclic amines) is 2. The molecule has 1 amide bonds. The zero-order valence-corrected chi connectivity index (χ0v) is 15.6. The molecule has 0 radical (unpaired) electrons. The number of benzene rings is 1. The van der Waals surface area contributed by atoms with Gasteiger partial charge < -0.3 is 14.4 Å². The normalized spacial score (nSPS) is 24.9. The first-order valence-corrected chi connectivity index (χ1v) is 10.2. The van der Waals surface area contributed by atoms with Crippen molar-refractivity contribution in [1.29, 1.82) is 0 Å². The third kappa shape index (κ3) is 4.38. The Morgan fingerprint density at radius 1 is 1.00 bits per heavy atom. The van der Waals surface area contributed by atoms with Crippen molar-refractivity contribution in [3.05, 3.63) is 29.8 Å². The molecule has 3 heterocycles. The Bertz CT molecular complexity index is 584. The van der Waals surface area contributed by atoms with Crippen molar-refractivity contribution in [1.82, 2.24) is 9.80 Å². The van der Waals surface area contributed by atoms with E-state index in [1.807, 2.05) is 4.90 Å². The van der Waals surface area contributed by atoms with Crippen LogP contribution in [0.5, 0.6) is 5.75 Å². The first kappa shape index (κ1) is 17.8. The lowest BCUT2D eigenvalue weighted by atomic mass is 10.1. The Morgan fingerprint density at radius 3 is 2.38 bits per heavy atom. The first-order chi connectivity index (χ1) is 12.8. The van der Waals surface area contributed by atoms with E-state index in [0.717, 1.165) is 57.7 Å². The van der Waals surface area contributed by atoms with Crippen LogP contribution in [0.15, 0.2) is 24.3 Å². The molecule has 5 nitrogen and oxygen atoms in total. The summed E-state index contributed by atoms with van der Waals surface area (Å²) in [7, 11) is 0. The molecule has 26 heavy (non-hydrogen) atoms. The maximum atomic E-state index is 12.4. The van der Waals surface area contributed by atoms with Gasteiger partial charge in [-0.15, -0.1) is 0 Å². The van der Waals surface area contributed by atoms with Crippen molar-refractivity contribution in [2.24, 2.45) is 0 Å². The fourth-order valence-electron chi connectivity index (χ4n) is 4.23. The number of rotatable bonds is 5. The SMILES string of the molecule is O=C([C@H]1CCCO1)N1CCC(Oc2ccc(CN3CCCC3)cc2)CC1. The number of amides is 1. The van der Waals surface area contributed by atoms with Gasteiger partial charge in [0.2, 0.25) is 0 Å². The summed E-state index contributed by atoms with van der Waals surface area (Å²) >= 11 is 0. The van der Waals surface area contributed by atoms with Crippen LogP contribution in [0, 0.1) is 0 Å². The fraction of sp³-hybridized carbons (Fsp3) is 0.667. The minimum Gasteiger partial charge on any atom is -0.490 e. The summed E-state index contributed by atoms with van der Waals surface area (Å²) in [6.45, 7) is 5.77. The van der Waals surface area contributed by atoms with Crippen molar-refractivity contribution in [2.75, 3.05) is 32.8 Å². The van der Waals surface area contributed by atoms with E-state index < -0.39 is 0 Å². The van der Waals surface area contributed by atoms with Crippen molar-refractivity contribution in [2.45, 2.75) is 57.3 Å². The summed E-state index contributed by atoms with van der Waals surface area (Å²) in [5, 5.41) is 0. The fourth-order valence-corrected chi connectivity index (χ4v) is 4.23. The summed E-state index contributed by atoms with van der Waals surface area (Å²) in [6, 6.07) is 8.55. The Hall–Kier alpha value is -1.59. The zero-order valence-electron chi connectivity index (χ0n) is 15.6. The van der Waals surface area contributed by atoms with Gasteiger partial charge in [-0.05, 0) is 56.5 Å². The van der Waals surface area contributed by atoms with Gasteiger partial charge in [0.25, 0.3) is 5.91 Å². The third-order valence-corrected chi connectivity index (χ3v) is 5.79. The van der Waals surface area contributed by atoms with E-state index in [-0.39, 0.29) is 18.1 Å². The average molecular weight is 358 g/mol. The summed E-state index contributed by atoms with van der Waals surface area (Å²) in [6.07, 6.45) is 6.33. The summed E-state index contributed by atoms with van der Waals surface area (Å²) in [4.78, 5) is 16.9. The second kappa shape index (κ2) is 8.40. The lowest BCUT2D eigenvalue weighted by molar-refractivity contribution is -0.142. The van der Waals surface area contributed by atoms with Crippen LogP contribution in [-0.2, 0) is 16.1 Å². The van der Waals surface area contributed by atoms with Crippen LogP contribution < -0.4 is 4.74 Å². The smallest absolute Gasteiger partial charge is 0.251 e. The van der Waals surface area contributed by atoms with E-state index in [1.54, 1.807) is 0 Å². The van der Waals surface area contributed by atoms with Crippen molar-refractivity contribution >= 4 is 5.91 Å². The van der Waals surface area contributed by atoms with Gasteiger partial charge in [0.05, 0.1) is 0 Å². The van der Waals surface area contributed by atoms with E-state index in [0.29, 0.717) is 0 Å². The highest BCUT2D eigenvalue weighted by molar-refractivity contribution is 5.81. The highest BCUT2D eigenvalue weighted by Crippen LogP contribution is 2.23. The Morgan fingerprint density at radius 2 is 1.73 bits per heavy atom. The van der Waals surface area contributed by atoms with Gasteiger partial charge in [-0.25, -0.2) is 0 Å². The maximum absolute atomic E-state index is 12.4. The second-order valence-corrected chi connectivity index (χ2v) is 7.77. The van der Waals surface area contributed by atoms with Gasteiger partial charge in [0.1, 0.15) is 18.0 Å². The molecule has 1 atom stereocenters. The number of carbonyl (C=O) groups excluding carboxylic acids is 1. The van der Waals surface area contributed by atoms with Crippen LogP contribution in [-0.4, -0.2) is 60.7 Å². The zero-order chi connectivity index (χ0) is 17.8. The topological polar surface area (TPSA) is 42.0 Å². The predicted octanol–water partition coefficient (Wildman–Crippen LogP) is 2.83. The molecule has 142 valence electrons. The highest BCUT2D eigenvalue weighted by Gasteiger charge is 2.31. The van der Waals surface area contributed by atoms with E-state index in [1.165, 1.54) is 31.5 Å². The summed E-state index contributed by atoms with van der Waals surface area (Å²) < 4.78 is 11.7. The molecule has 3 aliphatic heterocycles. The minimum atomic E-state index is -0.199. The van der Waals surface area contributed by atoms with Gasteiger partial charge in [-0.3, -0.25) is 9.69 Å². The monoisotopic (exact) mass is 358 g/mol. The molecule has 0 unspecified atom stereocenters. The second-order valence-electron chi connectivity index (χ2n) is 7.77. The number of carbonyl (C=O) groups is 1. The van der Waals surface area contributed by atoms with E-state index in [4.69, 9.17) is 9.47 Å². The van der Waals surface area contributed by atoms with Crippen LogP contribution in [0.3, 0.4) is 0 Å². The number of nitrogens with zero attached hydrogens (tertiary/aromatic N) is 2. The van der Waals surface area contributed by atoms with Crippen molar-refractivity contribution in [3.8, 4) is 5.75 Å². The molecule has 3 saturated heterocycles. The van der Waals surface area contributed by atoms with Gasteiger partial charge in [-0.2, -0.15) is 0 Å². The molecule has 0 saturated carbocycles. The molecular weight excluding hydrogens is 328 g/mol. The van der Waals surface area contributed by atoms with Crippen molar-refractivity contribution < 1.29 is 14.3 Å². The quantitative estimate of drug-likeness (QED) is 0.812. The molecule has 5 heteroatoms. The lowest BCUT2D eigenvalue weighted by Gasteiger charge is -2.33. The van der Waals surface area contributed by atoms with Crippen LogP contribution >= 0.6 is 0 Å². The van der Waals surface area contributed by atoms with Gasteiger partial charge in [-0.1, -0.05) is 12.1 Å². The molecule has 4 rings (SSSR count). The predicted molar refractivity (Wildman–Crippen MR) is 100 cm³/mol. The van der Waals surface area contributed by atoms with Crippen LogP contribution in [0.2, 0.25) is 0 Å². The van der Waals surface area contributed by atoms with Crippen LogP contribution in [0.4, 0.5) is 0 Å². The van der Waals surface area contributed by atoms with Crippen LogP contribution in [0.1, 0.15) is 44.1 Å². The minimum absolute atomic E-state index is 0.173. The molecular formula is C21H30N2O3. The number of ether oxygens (including phenoxy) is 2. The highest BCUT2D eigenvalue weighted by atomic mass is 16.5. The average Bonchev–Trinajstić information content (AvgIpc) is 3.37. The standard InChI is InChI=1S/C21H30N2O3/c24-21(20-4-3-15-25-20)23-13-9-19(10-14-23)26-18-7-5-17(6-8-18)16-22-11-1-2-12-22/h5-8,19-20H,1-4,9-16H2/t20-/m1/s1. The third-order valence-electron chi connectivity index (χ3n) is 5.79. The Labute approximate surface area is 156 Å². The summed E-state index contributed by atoms with van der Waals surface area (Å²) in [5.74, 6) is 1.12. The van der Waals surface area contributed by atoms with Gasteiger partial charge in [0, 0.05) is 39.1 Å². The summed E-state index contributed by atoms with van der Waals surface area (Å²) in [5.41, 5.74) is 1.36. The lowest BCUT2D eigenvalue weighted by Crippen LogP contribution is -2.45. The largest absolute Gasteiger partial charge is 0.490 e. The van der Waals surface area contributed by atoms with Gasteiger partial charge in [0.15, 0.2) is 0 Å². The number of hydrogen-bond donors (Lipinski definition) is 0. The molecule has 0 N–H and O–H groups in total. The van der Waals surface area contributed by atoms with Crippen molar-refractivity contribution in [3.63, 3.8) is 0 Å². The van der Waals surface area contributed by atoms with E-state index in [9.17, 15) is 4.79 Å². The molecule has 1 aromatic rings. The number of hydrogen-bond acceptors (Lipinski definition) is 4. The van der Waals surface area contributed by atoms with E-state index >= 15 is 0 Å². The Balaban J connectivity index is 1.23. The molecule has 0 bridgehead atoms. The van der Waals surface area contributed by atoms with Gasteiger partial charge >= 0.3 is 0 Å². The number of piperidine rings is 1. The maximum Gasteiger partial charge on any atom is 0.251 e. The van der Waals surface area contributed by atoms with E-state index in [2.05, 4.69) is 29.2 Å². The molecule has 0 spiro atoms. The molecule has 0 aromatic heterocycles. The molecule has 3 fully saturated rings.